The molecule has 118 valence electrons. The quantitative estimate of drug-likeness (QED) is 0.575. The van der Waals surface area contributed by atoms with E-state index < -0.39 is 11.1 Å². The Bertz CT molecular complexity index is 636. The maximum absolute atomic E-state index is 13.9. The van der Waals surface area contributed by atoms with Crippen LogP contribution in [0.4, 0.5) is 10.1 Å². The van der Waals surface area contributed by atoms with Crippen LogP contribution in [0.5, 0.6) is 0 Å². The van der Waals surface area contributed by atoms with E-state index in [0.29, 0.717) is 5.56 Å². The van der Waals surface area contributed by atoms with Crippen LogP contribution in [0, 0.1) is 11.7 Å². The maximum atomic E-state index is 13.9. The highest BCUT2D eigenvalue weighted by Crippen LogP contribution is 2.36. The van der Waals surface area contributed by atoms with Crippen LogP contribution in [-0.4, -0.2) is 16.9 Å². The summed E-state index contributed by atoms with van der Waals surface area (Å²) in [6, 6.07) is 4.93. The summed E-state index contributed by atoms with van der Waals surface area (Å²) in [6.07, 6.45) is 6.76. The second-order valence-electron chi connectivity index (χ2n) is 6.33. The third-order valence-electron chi connectivity index (χ3n) is 4.21. The van der Waals surface area contributed by atoms with Crippen LogP contribution in [0.2, 0.25) is 0 Å². The number of anilines is 1. The molecule has 0 aromatic heterocycles. The van der Waals surface area contributed by atoms with Crippen molar-refractivity contribution in [2.75, 3.05) is 5.32 Å². The summed E-state index contributed by atoms with van der Waals surface area (Å²) in [4.78, 5) is 0. The van der Waals surface area contributed by atoms with Crippen LogP contribution in [0.1, 0.15) is 31.3 Å². The number of aliphatic hydroxyl groups is 1. The van der Waals surface area contributed by atoms with Crippen LogP contribution in [0.25, 0.3) is 0 Å². The zero-order valence-corrected chi connectivity index (χ0v) is 13.4. The fourth-order valence-electron chi connectivity index (χ4n) is 2.94. The van der Waals surface area contributed by atoms with Gasteiger partial charge in [0.1, 0.15) is 11.3 Å². The Morgan fingerprint density at radius 2 is 2.14 bits per heavy atom. The van der Waals surface area contributed by atoms with Crippen LogP contribution in [0.3, 0.4) is 0 Å². The minimum Gasteiger partial charge on any atom is -0.386 e. The van der Waals surface area contributed by atoms with Gasteiger partial charge in [-0.15, -0.1) is 11.6 Å². The topological polar surface area (TPSA) is 44.3 Å². The first-order valence-electron chi connectivity index (χ1n) is 7.42. The smallest absolute Gasteiger partial charge is 0.131 e. The fourth-order valence-corrected chi connectivity index (χ4v) is 3.30. The lowest BCUT2D eigenvalue weighted by atomic mass is 9.87. The van der Waals surface area contributed by atoms with Crippen molar-refractivity contribution < 1.29 is 9.50 Å². The van der Waals surface area contributed by atoms with E-state index in [0.717, 1.165) is 17.7 Å². The van der Waals surface area contributed by atoms with E-state index in [2.05, 4.69) is 16.7 Å². The molecule has 1 aliphatic heterocycles. The summed E-state index contributed by atoms with van der Waals surface area (Å²) >= 11 is 6.30. The van der Waals surface area contributed by atoms with Gasteiger partial charge >= 0.3 is 0 Å². The number of alkyl halides is 1. The maximum Gasteiger partial charge on any atom is 0.131 e. The lowest BCUT2D eigenvalue weighted by molar-refractivity contribution is 0.122. The van der Waals surface area contributed by atoms with Crippen molar-refractivity contribution >= 4 is 17.3 Å². The normalized spacial score (nSPS) is 27.9. The molecule has 0 saturated carbocycles. The molecule has 3 nitrogen and oxygen atoms in total. The molecule has 22 heavy (non-hydrogen) atoms. The number of benzene rings is 1. The third kappa shape index (κ3) is 2.91. The standard InChI is InChI=1S/C17H20ClFN2O/c1-17(2,22)11-8-6-10(7-9-11)16-20-13-5-3-4-12(19)14(13)15(18)21-16/h3-6,8-10,15-16,20-22H,7H2,1-2H3. The highest BCUT2D eigenvalue weighted by Gasteiger charge is 2.31. The van der Waals surface area contributed by atoms with Gasteiger partial charge in [-0.2, -0.15) is 0 Å². The van der Waals surface area contributed by atoms with Gasteiger partial charge in [0.25, 0.3) is 0 Å². The molecule has 2 aliphatic rings. The lowest BCUT2D eigenvalue weighted by Gasteiger charge is -2.36. The Balaban J connectivity index is 1.77. The molecule has 1 aromatic rings. The highest BCUT2D eigenvalue weighted by molar-refractivity contribution is 6.21. The zero-order chi connectivity index (χ0) is 15.9. The van der Waals surface area contributed by atoms with Crippen molar-refractivity contribution in [1.82, 2.24) is 5.32 Å². The van der Waals surface area contributed by atoms with Crippen LogP contribution < -0.4 is 10.6 Å². The van der Waals surface area contributed by atoms with Gasteiger partial charge < -0.3 is 10.4 Å². The number of allylic oxidation sites excluding steroid dienone is 1. The Labute approximate surface area is 134 Å². The van der Waals surface area contributed by atoms with Crippen molar-refractivity contribution in [2.45, 2.75) is 37.5 Å². The summed E-state index contributed by atoms with van der Waals surface area (Å²) < 4.78 is 13.9. The van der Waals surface area contributed by atoms with Crippen molar-refractivity contribution in [1.29, 1.82) is 0 Å². The number of rotatable bonds is 2. The van der Waals surface area contributed by atoms with E-state index in [1.807, 2.05) is 18.2 Å². The van der Waals surface area contributed by atoms with E-state index in [4.69, 9.17) is 11.6 Å². The molecule has 3 rings (SSSR count). The van der Waals surface area contributed by atoms with Gasteiger partial charge in [-0.3, -0.25) is 5.32 Å². The molecular formula is C17H20ClFN2O. The molecule has 0 spiro atoms. The second-order valence-corrected chi connectivity index (χ2v) is 6.77. The number of nitrogens with one attached hydrogen (secondary N) is 2. The molecule has 0 fully saturated rings. The van der Waals surface area contributed by atoms with Gasteiger partial charge in [-0.05, 0) is 38.0 Å². The molecule has 3 N–H and O–H groups in total. The number of hydrogen-bond acceptors (Lipinski definition) is 3. The number of fused-ring (bicyclic) bond motifs is 1. The Hall–Kier alpha value is -1.36. The predicted molar refractivity (Wildman–Crippen MR) is 87.2 cm³/mol. The van der Waals surface area contributed by atoms with Crippen molar-refractivity contribution in [3.8, 4) is 0 Å². The molecule has 0 bridgehead atoms. The minimum atomic E-state index is -0.834. The summed E-state index contributed by atoms with van der Waals surface area (Å²) in [6.45, 7) is 3.54. The van der Waals surface area contributed by atoms with E-state index in [1.54, 1.807) is 19.9 Å². The largest absolute Gasteiger partial charge is 0.386 e. The molecule has 3 atom stereocenters. The summed E-state index contributed by atoms with van der Waals surface area (Å²) in [7, 11) is 0. The molecule has 5 heteroatoms. The predicted octanol–water partition coefficient (Wildman–Crippen LogP) is 3.68. The Morgan fingerprint density at radius 3 is 2.77 bits per heavy atom. The SMILES string of the molecule is CC(C)(O)C1=CCC(C2Nc3cccc(F)c3C(Cl)N2)C=C1. The summed E-state index contributed by atoms with van der Waals surface area (Å²) in [5, 5.41) is 16.5. The van der Waals surface area contributed by atoms with Crippen molar-refractivity contribution in [3.05, 3.63) is 53.4 Å². The van der Waals surface area contributed by atoms with Crippen molar-refractivity contribution in [3.63, 3.8) is 0 Å². The average Bonchev–Trinajstić information content (AvgIpc) is 2.46. The number of halogens is 2. The Morgan fingerprint density at radius 1 is 1.36 bits per heavy atom. The van der Waals surface area contributed by atoms with Crippen LogP contribution in [0.15, 0.2) is 42.0 Å². The molecule has 1 aliphatic carbocycles. The van der Waals surface area contributed by atoms with E-state index in [1.165, 1.54) is 6.07 Å². The lowest BCUT2D eigenvalue weighted by Crippen LogP contribution is -2.46. The van der Waals surface area contributed by atoms with Gasteiger partial charge in [0.2, 0.25) is 0 Å². The van der Waals surface area contributed by atoms with Crippen molar-refractivity contribution in [2.24, 2.45) is 5.92 Å². The monoisotopic (exact) mass is 322 g/mol. The van der Waals surface area contributed by atoms with Gasteiger partial charge in [0, 0.05) is 17.2 Å². The minimum absolute atomic E-state index is 0.0762. The van der Waals surface area contributed by atoms with Gasteiger partial charge in [0.15, 0.2) is 0 Å². The average molecular weight is 323 g/mol. The first-order valence-corrected chi connectivity index (χ1v) is 7.86. The molecule has 3 unspecified atom stereocenters. The highest BCUT2D eigenvalue weighted by atomic mass is 35.5. The molecular weight excluding hydrogens is 303 g/mol. The first-order chi connectivity index (χ1) is 10.4. The molecule has 0 radical (unpaired) electrons. The first kappa shape index (κ1) is 15.5. The van der Waals surface area contributed by atoms with Gasteiger partial charge in [-0.1, -0.05) is 24.3 Å². The molecule has 0 saturated heterocycles. The third-order valence-corrected chi connectivity index (χ3v) is 4.55. The molecule has 0 amide bonds. The fraction of sp³-hybridized carbons (Fsp3) is 0.412. The van der Waals surface area contributed by atoms with Crippen LogP contribution in [-0.2, 0) is 0 Å². The van der Waals surface area contributed by atoms with Crippen LogP contribution >= 0.6 is 11.6 Å². The summed E-state index contributed by atoms with van der Waals surface area (Å²) in [5.41, 5.74) is 0.714. The second kappa shape index (κ2) is 5.69. The zero-order valence-electron chi connectivity index (χ0n) is 12.6. The van der Waals surface area contributed by atoms with E-state index in [9.17, 15) is 9.50 Å². The molecule has 1 heterocycles. The van der Waals surface area contributed by atoms with Gasteiger partial charge in [-0.25, -0.2) is 4.39 Å². The van der Waals surface area contributed by atoms with E-state index in [-0.39, 0.29) is 17.9 Å². The van der Waals surface area contributed by atoms with Gasteiger partial charge in [0.05, 0.1) is 11.8 Å². The Kier molecular flexibility index (Phi) is 4.02. The summed E-state index contributed by atoms with van der Waals surface area (Å²) in [5.74, 6) is -0.122. The van der Waals surface area contributed by atoms with E-state index >= 15 is 0 Å². The number of hydrogen-bond donors (Lipinski definition) is 3. The molecule has 1 aromatic carbocycles.